The lowest BCUT2D eigenvalue weighted by molar-refractivity contribution is 0.0980. The van der Waals surface area contributed by atoms with Crippen LogP contribution in [0.25, 0.3) is 6.08 Å². The number of halogens is 1. The van der Waals surface area contributed by atoms with Crippen LogP contribution in [0.5, 0.6) is 0 Å². The van der Waals surface area contributed by atoms with Crippen molar-refractivity contribution in [2.45, 2.75) is 13.2 Å². The standard InChI is InChI=1S/C18H16ClNO2/c19-17-9-8-15-7-4-10-20(12-16(15)11-17)18(21)22-13-14-5-2-1-3-6-14/h1-9,11H,10,12-13H2. The highest BCUT2D eigenvalue weighted by atomic mass is 35.5. The molecular weight excluding hydrogens is 298 g/mol. The first-order valence-electron chi connectivity index (χ1n) is 7.13. The fourth-order valence-electron chi connectivity index (χ4n) is 2.40. The Bertz CT molecular complexity index is 697. The van der Waals surface area contributed by atoms with Gasteiger partial charge in [0.25, 0.3) is 0 Å². The first-order chi connectivity index (χ1) is 10.7. The van der Waals surface area contributed by atoms with Gasteiger partial charge < -0.3 is 9.64 Å². The van der Waals surface area contributed by atoms with E-state index in [9.17, 15) is 4.79 Å². The average molecular weight is 314 g/mol. The predicted molar refractivity (Wildman–Crippen MR) is 87.5 cm³/mol. The van der Waals surface area contributed by atoms with Crippen LogP contribution in [0.15, 0.2) is 54.6 Å². The van der Waals surface area contributed by atoms with Crippen molar-refractivity contribution in [2.24, 2.45) is 0 Å². The van der Waals surface area contributed by atoms with E-state index in [2.05, 4.69) is 0 Å². The Morgan fingerprint density at radius 1 is 1.18 bits per heavy atom. The summed E-state index contributed by atoms with van der Waals surface area (Å²) in [6.45, 7) is 1.30. The molecule has 1 aliphatic rings. The van der Waals surface area contributed by atoms with E-state index >= 15 is 0 Å². The van der Waals surface area contributed by atoms with Crippen LogP contribution < -0.4 is 0 Å². The van der Waals surface area contributed by atoms with Crippen LogP contribution >= 0.6 is 11.6 Å². The minimum atomic E-state index is -0.318. The number of rotatable bonds is 2. The van der Waals surface area contributed by atoms with E-state index in [1.165, 1.54) is 0 Å². The number of ether oxygens (including phenoxy) is 1. The summed E-state index contributed by atoms with van der Waals surface area (Å²) >= 11 is 6.04. The maximum absolute atomic E-state index is 12.3. The number of hydrogen-bond acceptors (Lipinski definition) is 2. The van der Waals surface area contributed by atoms with Crippen LogP contribution in [-0.4, -0.2) is 17.5 Å². The van der Waals surface area contributed by atoms with Crippen LogP contribution in [0.3, 0.4) is 0 Å². The molecule has 1 heterocycles. The van der Waals surface area contributed by atoms with Crippen LogP contribution in [0.1, 0.15) is 16.7 Å². The molecule has 3 rings (SSSR count). The molecule has 4 heteroatoms. The largest absolute Gasteiger partial charge is 0.445 e. The first kappa shape index (κ1) is 14.7. The second-order valence-electron chi connectivity index (χ2n) is 5.17. The van der Waals surface area contributed by atoms with Crippen molar-refractivity contribution in [3.63, 3.8) is 0 Å². The maximum atomic E-state index is 12.3. The molecular formula is C18H16ClNO2. The Morgan fingerprint density at radius 3 is 2.82 bits per heavy atom. The van der Waals surface area contributed by atoms with Gasteiger partial charge in [0.1, 0.15) is 6.61 Å². The topological polar surface area (TPSA) is 29.5 Å². The molecule has 3 nitrogen and oxygen atoms in total. The van der Waals surface area contributed by atoms with Crippen LogP contribution in [0, 0.1) is 0 Å². The first-order valence-corrected chi connectivity index (χ1v) is 7.51. The van der Waals surface area contributed by atoms with Crippen LogP contribution in [0.4, 0.5) is 4.79 Å². The van der Waals surface area contributed by atoms with E-state index < -0.39 is 0 Å². The summed E-state index contributed by atoms with van der Waals surface area (Å²) in [7, 11) is 0. The number of amides is 1. The summed E-state index contributed by atoms with van der Waals surface area (Å²) in [5.74, 6) is 0. The molecule has 112 valence electrons. The molecule has 0 fully saturated rings. The summed E-state index contributed by atoms with van der Waals surface area (Å²) in [6.07, 6.45) is 3.65. The molecule has 1 aliphatic heterocycles. The van der Waals surface area contributed by atoms with Crippen molar-refractivity contribution in [2.75, 3.05) is 6.54 Å². The minimum Gasteiger partial charge on any atom is -0.445 e. The Balaban J connectivity index is 1.67. The fraction of sp³-hybridized carbons (Fsp3) is 0.167. The van der Waals surface area contributed by atoms with Gasteiger partial charge in [-0.1, -0.05) is 60.2 Å². The third-order valence-electron chi connectivity index (χ3n) is 3.55. The van der Waals surface area contributed by atoms with Gasteiger partial charge in [-0.25, -0.2) is 4.79 Å². The van der Waals surface area contributed by atoms with Gasteiger partial charge in [0.2, 0.25) is 0 Å². The van der Waals surface area contributed by atoms with Gasteiger partial charge >= 0.3 is 6.09 Å². The number of carbonyl (C=O) groups excluding carboxylic acids is 1. The van der Waals surface area contributed by atoms with Gasteiger partial charge in [-0.15, -0.1) is 0 Å². The van der Waals surface area contributed by atoms with Crippen LogP contribution in [-0.2, 0) is 17.9 Å². The third-order valence-corrected chi connectivity index (χ3v) is 3.79. The van der Waals surface area contributed by atoms with Crippen molar-refractivity contribution in [1.82, 2.24) is 4.90 Å². The van der Waals surface area contributed by atoms with Gasteiger partial charge in [0.15, 0.2) is 0 Å². The van der Waals surface area contributed by atoms with Crippen molar-refractivity contribution >= 4 is 23.8 Å². The number of nitrogens with zero attached hydrogens (tertiary/aromatic N) is 1. The molecule has 0 aromatic heterocycles. The van der Waals surface area contributed by atoms with Crippen molar-refractivity contribution in [3.8, 4) is 0 Å². The van der Waals surface area contributed by atoms with Crippen molar-refractivity contribution < 1.29 is 9.53 Å². The molecule has 22 heavy (non-hydrogen) atoms. The van der Waals surface area contributed by atoms with Crippen molar-refractivity contribution in [3.05, 3.63) is 76.3 Å². The van der Waals surface area contributed by atoms with Gasteiger partial charge in [0.05, 0.1) is 0 Å². The van der Waals surface area contributed by atoms with E-state index in [1.54, 1.807) is 4.90 Å². The maximum Gasteiger partial charge on any atom is 0.410 e. The van der Waals surface area contributed by atoms with Gasteiger partial charge in [-0.3, -0.25) is 0 Å². The summed E-state index contributed by atoms with van der Waals surface area (Å²) in [6, 6.07) is 15.4. The SMILES string of the molecule is O=C(OCc1ccccc1)N1CC=Cc2ccc(Cl)cc2C1. The number of carbonyl (C=O) groups is 1. The molecule has 2 aromatic rings. The zero-order valence-corrected chi connectivity index (χ0v) is 12.8. The normalized spacial score (nSPS) is 13.4. The lowest BCUT2D eigenvalue weighted by Gasteiger charge is -2.20. The molecule has 0 atom stereocenters. The van der Waals surface area contributed by atoms with E-state index in [1.807, 2.05) is 60.7 Å². The molecule has 0 spiro atoms. The van der Waals surface area contributed by atoms with E-state index in [0.717, 1.165) is 16.7 Å². The van der Waals surface area contributed by atoms with Gasteiger partial charge in [0, 0.05) is 18.1 Å². The zero-order valence-electron chi connectivity index (χ0n) is 12.0. The molecule has 0 aliphatic carbocycles. The summed E-state index contributed by atoms with van der Waals surface area (Å²) in [4.78, 5) is 13.9. The molecule has 2 aromatic carbocycles. The highest BCUT2D eigenvalue weighted by Crippen LogP contribution is 2.22. The van der Waals surface area contributed by atoms with Crippen LogP contribution in [0.2, 0.25) is 5.02 Å². The highest BCUT2D eigenvalue weighted by molar-refractivity contribution is 6.30. The number of fused-ring (bicyclic) bond motifs is 1. The monoisotopic (exact) mass is 313 g/mol. The fourth-order valence-corrected chi connectivity index (χ4v) is 2.60. The number of hydrogen-bond donors (Lipinski definition) is 0. The molecule has 0 N–H and O–H groups in total. The van der Waals surface area contributed by atoms with Gasteiger partial charge in [-0.05, 0) is 28.8 Å². The number of benzene rings is 2. The zero-order chi connectivity index (χ0) is 15.4. The molecule has 1 amide bonds. The Hall–Kier alpha value is -2.26. The summed E-state index contributed by atoms with van der Waals surface area (Å²) < 4.78 is 5.39. The second kappa shape index (κ2) is 6.67. The predicted octanol–water partition coefficient (Wildman–Crippen LogP) is 4.51. The Kier molecular flexibility index (Phi) is 4.45. The second-order valence-corrected chi connectivity index (χ2v) is 5.60. The smallest absolute Gasteiger partial charge is 0.410 e. The molecule has 0 unspecified atom stereocenters. The Labute approximate surface area is 134 Å². The van der Waals surface area contributed by atoms with E-state index in [4.69, 9.17) is 16.3 Å². The van der Waals surface area contributed by atoms with Crippen molar-refractivity contribution in [1.29, 1.82) is 0 Å². The van der Waals surface area contributed by atoms with E-state index in [0.29, 0.717) is 18.1 Å². The highest BCUT2D eigenvalue weighted by Gasteiger charge is 2.18. The molecule has 0 bridgehead atoms. The summed E-state index contributed by atoms with van der Waals surface area (Å²) in [5.41, 5.74) is 3.09. The Morgan fingerprint density at radius 2 is 2.00 bits per heavy atom. The lowest BCUT2D eigenvalue weighted by atomic mass is 10.1. The minimum absolute atomic E-state index is 0.280. The quantitative estimate of drug-likeness (QED) is 0.816. The molecule has 0 saturated heterocycles. The summed E-state index contributed by atoms with van der Waals surface area (Å²) in [5, 5.41) is 0.673. The lowest BCUT2D eigenvalue weighted by Crippen LogP contribution is -2.30. The molecule has 0 saturated carbocycles. The van der Waals surface area contributed by atoms with Gasteiger partial charge in [-0.2, -0.15) is 0 Å². The third kappa shape index (κ3) is 3.49. The van der Waals surface area contributed by atoms with E-state index in [-0.39, 0.29) is 12.7 Å². The average Bonchev–Trinajstić information content (AvgIpc) is 2.75. The molecule has 0 radical (unpaired) electrons.